The number of hydrogen-bond donors (Lipinski definition) is 3. The minimum absolute atomic E-state index is 0.0192. The highest BCUT2D eigenvalue weighted by molar-refractivity contribution is 7.14. The molecular weight excluding hydrogens is 468 g/mol. The van der Waals surface area contributed by atoms with Gasteiger partial charge in [-0.3, -0.25) is 14.9 Å². The first-order chi connectivity index (χ1) is 16.8. The minimum atomic E-state index is -0.498. The molecule has 2 aromatic heterocycles. The van der Waals surface area contributed by atoms with E-state index in [1.54, 1.807) is 13.8 Å². The Morgan fingerprint density at radius 2 is 1.86 bits per heavy atom. The highest BCUT2D eigenvalue weighted by Crippen LogP contribution is 2.26. The molecule has 0 aliphatic heterocycles. The molecule has 0 saturated carbocycles. The number of benzene rings is 1. The molecule has 35 heavy (non-hydrogen) atoms. The maximum Gasteiger partial charge on any atom is 0.340 e. The quantitative estimate of drug-likeness (QED) is 0.272. The van der Waals surface area contributed by atoms with Gasteiger partial charge >= 0.3 is 5.97 Å². The third-order valence-corrected chi connectivity index (χ3v) is 6.14. The van der Waals surface area contributed by atoms with Crippen molar-refractivity contribution >= 4 is 34.3 Å². The Morgan fingerprint density at radius 1 is 1.11 bits per heavy atom. The number of anilines is 1. The van der Waals surface area contributed by atoms with Crippen LogP contribution in [0, 0.1) is 13.8 Å². The number of nitrogens with one attached hydrogen (secondary N) is 3. The van der Waals surface area contributed by atoms with Crippen LogP contribution in [0.4, 0.5) is 5.13 Å². The van der Waals surface area contributed by atoms with Crippen LogP contribution in [0.5, 0.6) is 0 Å². The summed E-state index contributed by atoms with van der Waals surface area (Å²) in [6, 6.07) is 8.07. The second kappa shape index (κ2) is 12.3. The van der Waals surface area contributed by atoms with Gasteiger partial charge in [0.2, 0.25) is 5.91 Å². The van der Waals surface area contributed by atoms with Crippen LogP contribution in [0.3, 0.4) is 0 Å². The van der Waals surface area contributed by atoms with Gasteiger partial charge < -0.3 is 19.8 Å². The smallest absolute Gasteiger partial charge is 0.340 e. The van der Waals surface area contributed by atoms with Gasteiger partial charge in [0.1, 0.15) is 12.3 Å². The Kier molecular flexibility index (Phi) is 9.16. The molecule has 0 saturated heterocycles. The zero-order valence-corrected chi connectivity index (χ0v) is 21.1. The van der Waals surface area contributed by atoms with Crippen LogP contribution in [-0.2, 0) is 20.7 Å². The van der Waals surface area contributed by atoms with E-state index in [1.807, 2.05) is 29.6 Å². The van der Waals surface area contributed by atoms with Crippen LogP contribution < -0.4 is 10.6 Å². The largest absolute Gasteiger partial charge is 0.460 e. The van der Waals surface area contributed by atoms with Gasteiger partial charge in [-0.15, -0.1) is 11.3 Å². The molecule has 0 aliphatic carbocycles. The van der Waals surface area contributed by atoms with E-state index in [4.69, 9.17) is 9.47 Å². The first-order valence-electron chi connectivity index (χ1n) is 11.3. The lowest BCUT2D eigenvalue weighted by Crippen LogP contribution is -2.21. The number of esters is 1. The Hall–Kier alpha value is -3.50. The summed E-state index contributed by atoms with van der Waals surface area (Å²) in [4.78, 5) is 43.7. The summed E-state index contributed by atoms with van der Waals surface area (Å²) in [6.07, 6.45) is 1.74. The summed E-state index contributed by atoms with van der Waals surface area (Å²) in [6.45, 7) is 6.04. The number of hydrogen-bond acceptors (Lipinski definition) is 7. The number of ether oxygens (including phenoxy) is 2. The van der Waals surface area contributed by atoms with Crippen LogP contribution in [0.1, 0.15) is 51.0 Å². The summed E-state index contributed by atoms with van der Waals surface area (Å²) in [5.74, 6) is -0.895. The number of aryl methyl sites for hydroxylation is 2. The van der Waals surface area contributed by atoms with Crippen LogP contribution in [-0.4, -0.2) is 54.6 Å². The fourth-order valence-corrected chi connectivity index (χ4v) is 4.31. The zero-order valence-electron chi connectivity index (χ0n) is 20.3. The number of nitrogens with zero attached hydrogens (tertiary/aromatic N) is 1. The normalized spacial score (nSPS) is 10.7. The van der Waals surface area contributed by atoms with Crippen molar-refractivity contribution in [3.05, 3.63) is 57.7 Å². The highest BCUT2D eigenvalue weighted by Gasteiger charge is 2.23. The van der Waals surface area contributed by atoms with E-state index in [1.165, 1.54) is 30.9 Å². The average molecular weight is 499 g/mol. The van der Waals surface area contributed by atoms with E-state index in [9.17, 15) is 14.4 Å². The lowest BCUT2D eigenvalue weighted by Gasteiger charge is -2.05. The fourth-order valence-electron chi connectivity index (χ4n) is 3.60. The van der Waals surface area contributed by atoms with Crippen LogP contribution in [0.15, 0.2) is 29.6 Å². The van der Waals surface area contributed by atoms with Crippen LogP contribution >= 0.6 is 11.3 Å². The van der Waals surface area contributed by atoms with Crippen molar-refractivity contribution in [1.82, 2.24) is 15.3 Å². The highest BCUT2D eigenvalue weighted by atomic mass is 32.1. The predicted molar refractivity (Wildman–Crippen MR) is 135 cm³/mol. The van der Waals surface area contributed by atoms with Gasteiger partial charge in [0.15, 0.2) is 5.13 Å². The number of H-pyrrole nitrogens is 1. The molecule has 0 radical (unpaired) electrons. The molecule has 1 aromatic carbocycles. The van der Waals surface area contributed by atoms with E-state index >= 15 is 0 Å². The summed E-state index contributed by atoms with van der Waals surface area (Å²) < 4.78 is 10.1. The van der Waals surface area contributed by atoms with Crippen molar-refractivity contribution < 1.29 is 23.9 Å². The van der Waals surface area contributed by atoms with Crippen LogP contribution in [0.25, 0.3) is 11.3 Å². The van der Waals surface area contributed by atoms with Gasteiger partial charge in [-0.1, -0.05) is 24.3 Å². The third-order valence-electron chi connectivity index (χ3n) is 5.38. The van der Waals surface area contributed by atoms with E-state index in [-0.39, 0.29) is 18.4 Å². The van der Waals surface area contributed by atoms with E-state index < -0.39 is 5.97 Å². The maximum atomic E-state index is 12.9. The topological polar surface area (TPSA) is 122 Å². The molecule has 2 heterocycles. The molecule has 3 N–H and O–H groups in total. The van der Waals surface area contributed by atoms with Crippen molar-refractivity contribution in [3.8, 4) is 11.3 Å². The Morgan fingerprint density at radius 3 is 2.54 bits per heavy atom. The molecule has 3 rings (SSSR count). The molecule has 3 aromatic rings. The predicted octanol–water partition coefficient (Wildman–Crippen LogP) is 3.88. The number of thiazole rings is 1. The number of aromatic nitrogens is 2. The Balaban J connectivity index is 1.62. The van der Waals surface area contributed by atoms with Gasteiger partial charge in [0.05, 0.1) is 17.9 Å². The van der Waals surface area contributed by atoms with E-state index in [0.29, 0.717) is 40.8 Å². The summed E-state index contributed by atoms with van der Waals surface area (Å²) in [7, 11) is 1.53. The standard InChI is InChI=1S/C25H30N4O5S/c1-15-21(24(32)34-13-12-33-4)16(2)27-22(15)23(31)29-25-28-20(14-35-25)19-9-7-18(8-10-19)6-5-11-26-17(3)30/h7-10,14,27H,5-6,11-13H2,1-4H3,(H,26,30)(H,28,29,31). The van der Waals surface area contributed by atoms with Crippen molar-refractivity contribution in [2.45, 2.75) is 33.6 Å². The van der Waals surface area contributed by atoms with Crippen molar-refractivity contribution in [3.63, 3.8) is 0 Å². The Labute approximate surface area is 208 Å². The molecule has 10 heteroatoms. The molecule has 0 bridgehead atoms. The number of aromatic amines is 1. The molecule has 0 atom stereocenters. The second-order valence-corrected chi connectivity index (χ2v) is 8.89. The Bertz CT molecular complexity index is 1180. The lowest BCUT2D eigenvalue weighted by molar-refractivity contribution is -0.118. The number of carbonyl (C=O) groups excluding carboxylic acids is 3. The second-order valence-electron chi connectivity index (χ2n) is 8.03. The van der Waals surface area contributed by atoms with Gasteiger partial charge in [-0.25, -0.2) is 9.78 Å². The monoisotopic (exact) mass is 498 g/mol. The van der Waals surface area contributed by atoms with Crippen molar-refractivity contribution in [2.24, 2.45) is 0 Å². The van der Waals surface area contributed by atoms with Gasteiger partial charge in [-0.05, 0) is 37.8 Å². The summed E-state index contributed by atoms with van der Waals surface area (Å²) in [5, 5.41) is 7.94. The SMILES string of the molecule is COCCOC(=O)c1c(C)[nH]c(C(=O)Nc2nc(-c3ccc(CCCNC(C)=O)cc3)cs2)c1C. The first-order valence-corrected chi connectivity index (χ1v) is 12.1. The zero-order chi connectivity index (χ0) is 25.4. The van der Waals surface area contributed by atoms with E-state index in [2.05, 4.69) is 20.6 Å². The number of carbonyl (C=O) groups is 3. The van der Waals surface area contributed by atoms with Crippen molar-refractivity contribution in [1.29, 1.82) is 0 Å². The molecule has 0 unspecified atom stereocenters. The number of methoxy groups -OCH3 is 1. The number of rotatable bonds is 11. The lowest BCUT2D eigenvalue weighted by atomic mass is 10.1. The van der Waals surface area contributed by atoms with E-state index in [0.717, 1.165) is 24.1 Å². The van der Waals surface area contributed by atoms with Gasteiger partial charge in [0, 0.05) is 37.2 Å². The molecule has 0 aliphatic rings. The molecule has 0 fully saturated rings. The molecule has 9 nitrogen and oxygen atoms in total. The molecular formula is C25H30N4O5S. The van der Waals surface area contributed by atoms with Gasteiger partial charge in [-0.2, -0.15) is 0 Å². The fraction of sp³-hybridized carbons (Fsp3) is 0.360. The van der Waals surface area contributed by atoms with Crippen LogP contribution in [0.2, 0.25) is 0 Å². The molecule has 186 valence electrons. The summed E-state index contributed by atoms with van der Waals surface area (Å²) >= 11 is 1.33. The van der Waals surface area contributed by atoms with Gasteiger partial charge in [0.25, 0.3) is 5.91 Å². The molecule has 2 amide bonds. The first kappa shape index (κ1) is 26.1. The third kappa shape index (κ3) is 7.00. The summed E-state index contributed by atoms with van der Waals surface area (Å²) in [5.41, 5.74) is 4.61. The van der Waals surface area contributed by atoms with Crippen molar-refractivity contribution in [2.75, 3.05) is 32.2 Å². The average Bonchev–Trinajstić information content (AvgIpc) is 3.40. The maximum absolute atomic E-state index is 12.9. The molecule has 0 spiro atoms. The number of amides is 2. The minimum Gasteiger partial charge on any atom is -0.460 e.